The van der Waals surface area contributed by atoms with Crippen LogP contribution in [-0.2, 0) is 6.54 Å². The molecule has 0 atom stereocenters. The molecule has 0 aliphatic rings. The highest BCUT2D eigenvalue weighted by molar-refractivity contribution is 5.47. The van der Waals surface area contributed by atoms with Crippen LogP contribution < -0.4 is 10.2 Å². The minimum atomic E-state index is 0.712. The van der Waals surface area contributed by atoms with Gasteiger partial charge in [-0.05, 0) is 30.7 Å². The highest BCUT2D eigenvalue weighted by Crippen LogP contribution is 2.12. The van der Waals surface area contributed by atoms with Crippen LogP contribution in [0.3, 0.4) is 0 Å². The Bertz CT molecular complexity index is 488. The van der Waals surface area contributed by atoms with Gasteiger partial charge < -0.3 is 10.2 Å². The Morgan fingerprint density at radius 2 is 1.89 bits per heavy atom. The minimum Gasteiger partial charge on any atom is -0.378 e. The molecule has 2 aromatic rings. The van der Waals surface area contributed by atoms with Gasteiger partial charge >= 0.3 is 0 Å². The van der Waals surface area contributed by atoms with E-state index in [9.17, 15) is 0 Å². The van der Waals surface area contributed by atoms with Crippen LogP contribution >= 0.6 is 0 Å². The molecule has 0 aromatic carbocycles. The lowest BCUT2D eigenvalue weighted by Gasteiger charge is -2.12. The van der Waals surface area contributed by atoms with E-state index in [0.717, 1.165) is 17.2 Å². The summed E-state index contributed by atoms with van der Waals surface area (Å²) in [6.07, 6.45) is 3.72. The number of nitrogens with one attached hydrogen (secondary N) is 1. The summed E-state index contributed by atoms with van der Waals surface area (Å²) < 4.78 is 0. The van der Waals surface area contributed by atoms with Crippen molar-refractivity contribution in [1.29, 1.82) is 0 Å². The van der Waals surface area contributed by atoms with Gasteiger partial charge in [-0.2, -0.15) is 0 Å². The van der Waals surface area contributed by atoms with E-state index in [-0.39, 0.29) is 0 Å². The number of aromatic nitrogens is 2. The van der Waals surface area contributed by atoms with Gasteiger partial charge in [0.2, 0.25) is 0 Å². The smallest absolute Gasteiger partial charge is 0.128 e. The molecule has 18 heavy (non-hydrogen) atoms. The molecular weight excluding hydrogens is 224 g/mol. The average Bonchev–Trinajstić information content (AvgIpc) is 2.38. The molecule has 4 nitrogen and oxygen atoms in total. The molecule has 0 spiro atoms. The van der Waals surface area contributed by atoms with Gasteiger partial charge in [0.1, 0.15) is 5.82 Å². The van der Waals surface area contributed by atoms with Crippen molar-refractivity contribution in [3.05, 3.63) is 47.9 Å². The first-order valence-corrected chi connectivity index (χ1v) is 5.94. The molecule has 0 saturated heterocycles. The largest absolute Gasteiger partial charge is 0.378 e. The maximum atomic E-state index is 4.35. The van der Waals surface area contributed by atoms with E-state index in [4.69, 9.17) is 0 Å². The van der Waals surface area contributed by atoms with Crippen molar-refractivity contribution < 1.29 is 0 Å². The second kappa shape index (κ2) is 5.49. The molecule has 0 radical (unpaired) electrons. The highest BCUT2D eigenvalue weighted by atomic mass is 15.1. The third-order valence-corrected chi connectivity index (χ3v) is 2.65. The van der Waals surface area contributed by atoms with E-state index in [1.807, 2.05) is 56.5 Å². The number of rotatable bonds is 4. The van der Waals surface area contributed by atoms with Gasteiger partial charge in [0.15, 0.2) is 0 Å². The van der Waals surface area contributed by atoms with E-state index in [1.165, 1.54) is 5.56 Å². The molecule has 0 unspecified atom stereocenters. The van der Waals surface area contributed by atoms with Gasteiger partial charge in [0.25, 0.3) is 0 Å². The molecule has 1 N–H and O–H groups in total. The lowest BCUT2D eigenvalue weighted by Crippen LogP contribution is -2.10. The highest BCUT2D eigenvalue weighted by Gasteiger charge is 1.98. The Morgan fingerprint density at radius 1 is 1.06 bits per heavy atom. The zero-order valence-corrected chi connectivity index (χ0v) is 11.0. The number of pyridine rings is 2. The van der Waals surface area contributed by atoms with E-state index < -0.39 is 0 Å². The van der Waals surface area contributed by atoms with Crippen LogP contribution in [0.5, 0.6) is 0 Å². The molecule has 0 aliphatic carbocycles. The van der Waals surface area contributed by atoms with Crippen LogP contribution in [0.15, 0.2) is 36.7 Å². The first kappa shape index (κ1) is 12.4. The molecule has 0 fully saturated rings. The summed E-state index contributed by atoms with van der Waals surface area (Å²) in [5, 5.41) is 3.30. The Hall–Kier alpha value is -2.10. The Labute approximate surface area is 108 Å². The van der Waals surface area contributed by atoms with Gasteiger partial charge in [-0.3, -0.25) is 4.98 Å². The Kier molecular flexibility index (Phi) is 3.77. The zero-order valence-electron chi connectivity index (χ0n) is 11.0. The lowest BCUT2D eigenvalue weighted by molar-refractivity contribution is 1.03. The normalized spacial score (nSPS) is 10.2. The van der Waals surface area contributed by atoms with E-state index in [2.05, 4.69) is 21.4 Å². The molecule has 0 bridgehead atoms. The summed E-state index contributed by atoms with van der Waals surface area (Å²) in [5.41, 5.74) is 3.20. The second-order valence-corrected chi connectivity index (χ2v) is 4.48. The zero-order chi connectivity index (χ0) is 13.0. The molecule has 0 saturated carbocycles. The van der Waals surface area contributed by atoms with E-state index >= 15 is 0 Å². The third kappa shape index (κ3) is 3.20. The summed E-state index contributed by atoms with van der Waals surface area (Å²) in [7, 11) is 3.96. The second-order valence-electron chi connectivity index (χ2n) is 4.48. The SMILES string of the molecule is Cc1ccc(CNc2ccc(N(C)C)nc2)nc1. The molecule has 0 amide bonds. The first-order valence-electron chi connectivity index (χ1n) is 5.94. The van der Waals surface area contributed by atoms with Crippen molar-refractivity contribution in [2.45, 2.75) is 13.5 Å². The minimum absolute atomic E-state index is 0.712. The number of aryl methyl sites for hydroxylation is 1. The number of anilines is 2. The fourth-order valence-electron chi connectivity index (χ4n) is 1.55. The number of nitrogens with zero attached hydrogens (tertiary/aromatic N) is 3. The predicted molar refractivity (Wildman–Crippen MR) is 74.9 cm³/mol. The van der Waals surface area contributed by atoms with Crippen LogP contribution in [0.25, 0.3) is 0 Å². The molecule has 2 rings (SSSR count). The molecule has 2 aromatic heterocycles. The maximum Gasteiger partial charge on any atom is 0.128 e. The first-order chi connectivity index (χ1) is 8.65. The summed E-state index contributed by atoms with van der Waals surface area (Å²) in [6.45, 7) is 2.75. The van der Waals surface area contributed by atoms with Crippen LogP contribution in [0, 0.1) is 6.92 Å². The van der Waals surface area contributed by atoms with E-state index in [0.29, 0.717) is 6.54 Å². The molecule has 2 heterocycles. The molecular formula is C14H18N4. The fourth-order valence-corrected chi connectivity index (χ4v) is 1.55. The van der Waals surface area contributed by atoms with Gasteiger partial charge in [-0.1, -0.05) is 6.07 Å². The van der Waals surface area contributed by atoms with Gasteiger partial charge in [0.05, 0.1) is 24.1 Å². The fraction of sp³-hybridized carbons (Fsp3) is 0.286. The quantitative estimate of drug-likeness (QED) is 0.894. The van der Waals surface area contributed by atoms with Crippen molar-refractivity contribution in [2.24, 2.45) is 0 Å². The maximum absolute atomic E-state index is 4.35. The van der Waals surface area contributed by atoms with E-state index in [1.54, 1.807) is 0 Å². The Morgan fingerprint density at radius 3 is 2.44 bits per heavy atom. The van der Waals surface area contributed by atoms with Crippen molar-refractivity contribution in [3.63, 3.8) is 0 Å². The predicted octanol–water partition coefficient (Wildman–Crippen LogP) is 2.46. The van der Waals surface area contributed by atoms with Crippen molar-refractivity contribution in [2.75, 3.05) is 24.3 Å². The van der Waals surface area contributed by atoms with Gasteiger partial charge in [-0.25, -0.2) is 4.98 Å². The number of hydrogen-bond donors (Lipinski definition) is 1. The lowest BCUT2D eigenvalue weighted by atomic mass is 10.2. The standard InChI is InChI=1S/C14H18N4/c1-11-4-5-12(15-8-11)9-16-13-6-7-14(17-10-13)18(2)3/h4-8,10,16H,9H2,1-3H3. The van der Waals surface area contributed by atoms with Gasteiger partial charge in [-0.15, -0.1) is 0 Å². The monoisotopic (exact) mass is 242 g/mol. The van der Waals surface area contributed by atoms with Crippen molar-refractivity contribution >= 4 is 11.5 Å². The topological polar surface area (TPSA) is 41.0 Å². The summed E-state index contributed by atoms with van der Waals surface area (Å²) in [6, 6.07) is 8.11. The summed E-state index contributed by atoms with van der Waals surface area (Å²) in [5.74, 6) is 0.953. The third-order valence-electron chi connectivity index (χ3n) is 2.65. The number of hydrogen-bond acceptors (Lipinski definition) is 4. The van der Waals surface area contributed by atoms with Crippen LogP contribution in [0.1, 0.15) is 11.3 Å². The average molecular weight is 242 g/mol. The van der Waals surface area contributed by atoms with Crippen LogP contribution in [-0.4, -0.2) is 24.1 Å². The van der Waals surface area contributed by atoms with Crippen molar-refractivity contribution in [3.8, 4) is 0 Å². The molecule has 94 valence electrons. The summed E-state index contributed by atoms with van der Waals surface area (Å²) in [4.78, 5) is 10.7. The van der Waals surface area contributed by atoms with Gasteiger partial charge in [0, 0.05) is 20.3 Å². The Balaban J connectivity index is 1.95. The van der Waals surface area contributed by atoms with Crippen molar-refractivity contribution in [1.82, 2.24) is 9.97 Å². The molecule has 4 heteroatoms. The summed E-state index contributed by atoms with van der Waals surface area (Å²) >= 11 is 0. The van der Waals surface area contributed by atoms with Crippen LogP contribution in [0.2, 0.25) is 0 Å². The molecule has 0 aliphatic heterocycles. The van der Waals surface area contributed by atoms with Crippen LogP contribution in [0.4, 0.5) is 11.5 Å².